The number of alkyl carbamates (subject to hydrolysis) is 1. The van der Waals surface area contributed by atoms with E-state index < -0.39 is 23.0 Å². The molecule has 0 aromatic heterocycles. The lowest BCUT2D eigenvalue weighted by Crippen LogP contribution is -2.39. The zero-order chi connectivity index (χ0) is 10.6. The van der Waals surface area contributed by atoms with Gasteiger partial charge in [0.1, 0.15) is 11.0 Å². The summed E-state index contributed by atoms with van der Waals surface area (Å²) in [5.74, 6) is -0.559. The number of carbonyl (C=O) groups is 2. The van der Waals surface area contributed by atoms with Crippen molar-refractivity contribution >= 4 is 23.6 Å². The van der Waals surface area contributed by atoms with Gasteiger partial charge in [-0.05, 0) is 27.7 Å². The molecule has 1 N–H and O–H groups in total. The summed E-state index contributed by atoms with van der Waals surface area (Å²) in [4.78, 5) is 21.9. The van der Waals surface area contributed by atoms with Crippen LogP contribution in [0.3, 0.4) is 0 Å². The molecule has 0 fully saturated rings. The summed E-state index contributed by atoms with van der Waals surface area (Å²) in [7, 11) is 0. The van der Waals surface area contributed by atoms with E-state index in [1.54, 1.807) is 20.8 Å². The van der Waals surface area contributed by atoms with E-state index in [-0.39, 0.29) is 0 Å². The van der Waals surface area contributed by atoms with Gasteiger partial charge >= 0.3 is 6.09 Å². The van der Waals surface area contributed by atoms with E-state index in [1.165, 1.54) is 6.92 Å². The van der Waals surface area contributed by atoms with Gasteiger partial charge in [0.15, 0.2) is 0 Å². The first-order valence-electron chi connectivity index (χ1n) is 3.90. The lowest BCUT2D eigenvalue weighted by atomic mass is 10.2. The molecule has 5 heteroatoms. The van der Waals surface area contributed by atoms with E-state index in [2.05, 4.69) is 0 Å². The first-order chi connectivity index (χ1) is 5.72. The van der Waals surface area contributed by atoms with E-state index in [0.29, 0.717) is 0 Å². The molecule has 0 aliphatic carbocycles. The largest absolute Gasteiger partial charge is 0.444 e. The highest BCUT2D eigenvalue weighted by Crippen LogP contribution is 2.06. The topological polar surface area (TPSA) is 55.4 Å². The number of hydrogen-bond donors (Lipinski definition) is 1. The second kappa shape index (κ2) is 4.46. The van der Waals surface area contributed by atoms with Gasteiger partial charge in [-0.2, -0.15) is 0 Å². The van der Waals surface area contributed by atoms with Crippen molar-refractivity contribution in [1.29, 1.82) is 0 Å². The number of ether oxygens (including phenoxy) is 1. The van der Waals surface area contributed by atoms with E-state index in [0.717, 1.165) is 0 Å². The van der Waals surface area contributed by atoms with Crippen molar-refractivity contribution in [2.24, 2.45) is 0 Å². The Labute approximate surface area is 82.6 Å². The van der Waals surface area contributed by atoms with Gasteiger partial charge in [-0.25, -0.2) is 4.79 Å². The quantitative estimate of drug-likeness (QED) is 0.666. The highest BCUT2D eigenvalue weighted by atomic mass is 35.5. The van der Waals surface area contributed by atoms with Crippen molar-refractivity contribution in [3.63, 3.8) is 0 Å². The van der Waals surface area contributed by atoms with Crippen LogP contribution in [0.5, 0.6) is 0 Å². The summed E-state index contributed by atoms with van der Waals surface area (Å²) < 4.78 is 4.83. The Bertz CT molecular complexity index is 208. The van der Waals surface area contributed by atoms with E-state index in [9.17, 15) is 9.59 Å². The smallest absolute Gasteiger partial charge is 0.414 e. The predicted octanol–water partition coefficient (Wildman–Crippen LogP) is 1.67. The first kappa shape index (κ1) is 12.2. The monoisotopic (exact) mass is 207 g/mol. The predicted molar refractivity (Wildman–Crippen MR) is 49.7 cm³/mol. The van der Waals surface area contributed by atoms with Gasteiger partial charge in [0.2, 0.25) is 5.91 Å². The Morgan fingerprint density at radius 3 is 2.15 bits per heavy atom. The molecule has 2 amide bonds. The van der Waals surface area contributed by atoms with Crippen LogP contribution in [0, 0.1) is 0 Å². The van der Waals surface area contributed by atoms with Gasteiger partial charge in [-0.15, -0.1) is 11.6 Å². The van der Waals surface area contributed by atoms with Crippen LogP contribution in [0.15, 0.2) is 0 Å². The van der Waals surface area contributed by atoms with E-state index in [4.69, 9.17) is 16.3 Å². The number of imide groups is 1. The summed E-state index contributed by atoms with van der Waals surface area (Å²) in [6.07, 6.45) is -0.773. The zero-order valence-corrected chi connectivity index (χ0v) is 8.94. The maximum atomic E-state index is 11.0. The second-order valence-corrected chi connectivity index (χ2v) is 4.26. The fourth-order valence-corrected chi connectivity index (χ4v) is 0.558. The molecule has 1 atom stereocenters. The number of hydrogen-bond acceptors (Lipinski definition) is 3. The third-order valence-electron chi connectivity index (χ3n) is 0.985. The summed E-state index contributed by atoms with van der Waals surface area (Å²) >= 11 is 5.42. The molecule has 0 heterocycles. The zero-order valence-electron chi connectivity index (χ0n) is 8.18. The molecule has 0 saturated heterocycles. The Morgan fingerprint density at radius 2 is 1.85 bits per heavy atom. The Balaban J connectivity index is 3.96. The standard InChI is InChI=1S/C8H14ClNO3/c1-5(9)6(11)10-7(12)13-8(2,3)4/h5H,1-4H3,(H,10,11,12)/t5-/m0/s1. The van der Waals surface area contributed by atoms with Crippen LogP contribution in [0.4, 0.5) is 4.79 Å². The third kappa shape index (κ3) is 6.40. The molecule has 0 saturated carbocycles. The second-order valence-electron chi connectivity index (χ2n) is 3.61. The van der Waals surface area contributed by atoms with Crippen molar-refractivity contribution < 1.29 is 14.3 Å². The third-order valence-corrected chi connectivity index (χ3v) is 1.18. The number of alkyl halides is 1. The number of carbonyl (C=O) groups excluding carboxylic acids is 2. The number of amides is 2. The van der Waals surface area contributed by atoms with Crippen molar-refractivity contribution in [2.75, 3.05) is 0 Å². The summed E-state index contributed by atoms with van der Waals surface area (Å²) in [6, 6.07) is 0. The average molecular weight is 208 g/mol. The molecular weight excluding hydrogens is 194 g/mol. The summed E-state index contributed by atoms with van der Waals surface area (Å²) in [5.41, 5.74) is -0.611. The van der Waals surface area contributed by atoms with Gasteiger partial charge in [0.05, 0.1) is 0 Å². The highest BCUT2D eigenvalue weighted by molar-refractivity contribution is 6.31. The van der Waals surface area contributed by atoms with Crippen molar-refractivity contribution in [3.8, 4) is 0 Å². The maximum Gasteiger partial charge on any atom is 0.414 e. The minimum Gasteiger partial charge on any atom is -0.444 e. The number of nitrogens with one attached hydrogen (secondary N) is 1. The molecule has 0 radical (unpaired) electrons. The van der Waals surface area contributed by atoms with Crippen LogP contribution in [0.2, 0.25) is 0 Å². The van der Waals surface area contributed by atoms with Crippen LogP contribution < -0.4 is 5.32 Å². The van der Waals surface area contributed by atoms with Crippen LogP contribution in [-0.2, 0) is 9.53 Å². The Hall–Kier alpha value is -0.770. The fraction of sp³-hybridized carbons (Fsp3) is 0.750. The number of halogens is 1. The van der Waals surface area contributed by atoms with Crippen LogP contribution in [-0.4, -0.2) is 23.0 Å². The molecule has 0 bridgehead atoms. The highest BCUT2D eigenvalue weighted by Gasteiger charge is 2.19. The molecule has 76 valence electrons. The van der Waals surface area contributed by atoms with E-state index >= 15 is 0 Å². The van der Waals surface area contributed by atoms with Gasteiger partial charge in [-0.3, -0.25) is 10.1 Å². The van der Waals surface area contributed by atoms with Crippen LogP contribution in [0.25, 0.3) is 0 Å². The molecule has 0 aromatic carbocycles. The molecular formula is C8H14ClNO3. The van der Waals surface area contributed by atoms with Gasteiger partial charge in [0.25, 0.3) is 0 Å². The molecule has 0 aromatic rings. The Morgan fingerprint density at radius 1 is 1.38 bits per heavy atom. The van der Waals surface area contributed by atoms with E-state index in [1.807, 2.05) is 5.32 Å². The normalized spacial score (nSPS) is 13.3. The van der Waals surface area contributed by atoms with Crippen molar-refractivity contribution in [1.82, 2.24) is 5.32 Å². The maximum absolute atomic E-state index is 11.0. The number of rotatable bonds is 1. The summed E-state index contributed by atoms with van der Waals surface area (Å²) in [5, 5.41) is 1.26. The fourth-order valence-electron chi connectivity index (χ4n) is 0.504. The summed E-state index contributed by atoms with van der Waals surface area (Å²) in [6.45, 7) is 6.60. The molecule has 0 spiro atoms. The van der Waals surface area contributed by atoms with Crippen LogP contribution in [0.1, 0.15) is 27.7 Å². The average Bonchev–Trinajstić information content (AvgIpc) is 1.81. The molecule has 0 unspecified atom stereocenters. The van der Waals surface area contributed by atoms with Gasteiger partial charge in [0, 0.05) is 0 Å². The minimum absolute atomic E-state index is 0.559. The van der Waals surface area contributed by atoms with Crippen molar-refractivity contribution in [2.45, 2.75) is 38.7 Å². The van der Waals surface area contributed by atoms with Gasteiger partial charge in [-0.1, -0.05) is 0 Å². The molecule has 0 aliphatic rings. The van der Waals surface area contributed by atoms with Crippen molar-refractivity contribution in [3.05, 3.63) is 0 Å². The molecule has 13 heavy (non-hydrogen) atoms. The lowest BCUT2D eigenvalue weighted by molar-refractivity contribution is -0.120. The molecule has 4 nitrogen and oxygen atoms in total. The SMILES string of the molecule is C[C@H](Cl)C(=O)NC(=O)OC(C)(C)C. The lowest BCUT2D eigenvalue weighted by Gasteiger charge is -2.19. The van der Waals surface area contributed by atoms with Gasteiger partial charge < -0.3 is 4.74 Å². The molecule has 0 rings (SSSR count). The first-order valence-corrected chi connectivity index (χ1v) is 4.34. The molecule has 0 aliphatic heterocycles. The Kier molecular flexibility index (Phi) is 4.20. The van der Waals surface area contributed by atoms with Crippen LogP contribution >= 0.6 is 11.6 Å². The minimum atomic E-state index is -0.773.